The lowest BCUT2D eigenvalue weighted by Gasteiger charge is -2.25. The average molecular weight is 224 g/mol. The van der Waals surface area contributed by atoms with Crippen LogP contribution in [0.3, 0.4) is 0 Å². The third-order valence-electron chi connectivity index (χ3n) is 2.40. The van der Waals surface area contributed by atoms with E-state index in [-0.39, 0.29) is 12.2 Å². The molecule has 0 aliphatic carbocycles. The molecular formula is C13H20O3. The molecule has 1 N–H and O–H groups in total. The summed E-state index contributed by atoms with van der Waals surface area (Å²) in [7, 11) is 0. The third-order valence-corrected chi connectivity index (χ3v) is 2.40. The molecule has 0 spiro atoms. The van der Waals surface area contributed by atoms with Gasteiger partial charge < -0.3 is 14.6 Å². The molecule has 0 radical (unpaired) electrons. The van der Waals surface area contributed by atoms with Gasteiger partial charge in [0.1, 0.15) is 0 Å². The molecule has 0 aromatic heterocycles. The standard InChI is InChI=1S/C13H20O3/c1-13(2,12-6-4-3-5-7-12)16-11-10-15-9-8-14/h3-7,14H,8-11H2,1-2H3. The first-order chi connectivity index (χ1) is 7.67. The van der Waals surface area contributed by atoms with Crippen molar-refractivity contribution in [1.82, 2.24) is 0 Å². The molecule has 3 heteroatoms. The zero-order valence-corrected chi connectivity index (χ0v) is 9.98. The summed E-state index contributed by atoms with van der Waals surface area (Å²) in [5.74, 6) is 0. The number of benzene rings is 1. The Morgan fingerprint density at radius 1 is 1.06 bits per heavy atom. The highest BCUT2D eigenvalue weighted by Gasteiger charge is 2.20. The quantitative estimate of drug-likeness (QED) is 0.719. The SMILES string of the molecule is CC(C)(OCCOCCO)c1ccccc1. The molecule has 0 fully saturated rings. The fourth-order valence-corrected chi connectivity index (χ4v) is 1.45. The zero-order valence-electron chi connectivity index (χ0n) is 9.98. The van der Waals surface area contributed by atoms with Crippen LogP contribution in [0.4, 0.5) is 0 Å². The first-order valence-corrected chi connectivity index (χ1v) is 5.55. The highest BCUT2D eigenvalue weighted by Crippen LogP contribution is 2.23. The maximum atomic E-state index is 8.54. The van der Waals surface area contributed by atoms with Crippen molar-refractivity contribution < 1.29 is 14.6 Å². The van der Waals surface area contributed by atoms with Crippen molar-refractivity contribution in [3.05, 3.63) is 35.9 Å². The van der Waals surface area contributed by atoms with Gasteiger partial charge in [0.15, 0.2) is 0 Å². The van der Waals surface area contributed by atoms with Crippen molar-refractivity contribution in [2.24, 2.45) is 0 Å². The fourth-order valence-electron chi connectivity index (χ4n) is 1.45. The topological polar surface area (TPSA) is 38.7 Å². The Morgan fingerprint density at radius 3 is 2.38 bits per heavy atom. The Labute approximate surface area is 97.0 Å². The Bertz CT molecular complexity index is 282. The number of rotatable bonds is 7. The lowest BCUT2D eigenvalue weighted by Crippen LogP contribution is -2.24. The van der Waals surface area contributed by atoms with Crippen LogP contribution in [-0.2, 0) is 15.1 Å². The molecule has 0 atom stereocenters. The minimum atomic E-state index is -0.302. The maximum absolute atomic E-state index is 8.54. The first-order valence-electron chi connectivity index (χ1n) is 5.55. The summed E-state index contributed by atoms with van der Waals surface area (Å²) in [4.78, 5) is 0. The Balaban J connectivity index is 2.35. The Morgan fingerprint density at radius 2 is 1.75 bits per heavy atom. The van der Waals surface area contributed by atoms with Crippen LogP contribution >= 0.6 is 0 Å². The Kier molecular flexibility index (Phi) is 5.46. The van der Waals surface area contributed by atoms with Gasteiger partial charge in [0.25, 0.3) is 0 Å². The van der Waals surface area contributed by atoms with E-state index >= 15 is 0 Å². The van der Waals surface area contributed by atoms with Crippen LogP contribution in [0.5, 0.6) is 0 Å². The third kappa shape index (κ3) is 4.31. The van der Waals surface area contributed by atoms with Crippen molar-refractivity contribution in [2.75, 3.05) is 26.4 Å². The number of aliphatic hydroxyl groups excluding tert-OH is 1. The van der Waals surface area contributed by atoms with E-state index in [9.17, 15) is 0 Å². The van der Waals surface area contributed by atoms with Crippen molar-refractivity contribution >= 4 is 0 Å². The molecule has 0 bridgehead atoms. The lowest BCUT2D eigenvalue weighted by molar-refractivity contribution is -0.0525. The summed E-state index contributed by atoms with van der Waals surface area (Å²) in [5, 5.41) is 8.54. The van der Waals surface area contributed by atoms with Gasteiger partial charge in [0.05, 0.1) is 32.0 Å². The highest BCUT2D eigenvalue weighted by atomic mass is 16.5. The second-order valence-corrected chi connectivity index (χ2v) is 4.06. The van der Waals surface area contributed by atoms with E-state index in [1.165, 1.54) is 0 Å². The second-order valence-electron chi connectivity index (χ2n) is 4.06. The van der Waals surface area contributed by atoms with Crippen molar-refractivity contribution in [1.29, 1.82) is 0 Å². The smallest absolute Gasteiger partial charge is 0.0876 e. The van der Waals surface area contributed by atoms with Crippen LogP contribution in [0, 0.1) is 0 Å². The van der Waals surface area contributed by atoms with Gasteiger partial charge in [0.2, 0.25) is 0 Å². The molecule has 0 saturated heterocycles. The van der Waals surface area contributed by atoms with E-state index in [2.05, 4.69) is 12.1 Å². The minimum absolute atomic E-state index is 0.0576. The van der Waals surface area contributed by atoms with Crippen molar-refractivity contribution in [3.63, 3.8) is 0 Å². The molecule has 3 nitrogen and oxygen atoms in total. The summed E-state index contributed by atoms with van der Waals surface area (Å²) < 4.78 is 10.9. The van der Waals surface area contributed by atoms with E-state index in [4.69, 9.17) is 14.6 Å². The number of aliphatic hydroxyl groups is 1. The van der Waals surface area contributed by atoms with E-state index < -0.39 is 0 Å². The van der Waals surface area contributed by atoms with Crippen LogP contribution in [-0.4, -0.2) is 31.5 Å². The Hall–Kier alpha value is -0.900. The van der Waals surface area contributed by atoms with E-state index in [0.717, 1.165) is 5.56 Å². The largest absolute Gasteiger partial charge is 0.394 e. The number of hydrogen-bond acceptors (Lipinski definition) is 3. The van der Waals surface area contributed by atoms with E-state index in [0.29, 0.717) is 19.8 Å². The van der Waals surface area contributed by atoms with Gasteiger partial charge in [-0.05, 0) is 19.4 Å². The van der Waals surface area contributed by atoms with E-state index in [1.807, 2.05) is 32.0 Å². The van der Waals surface area contributed by atoms with Crippen LogP contribution < -0.4 is 0 Å². The second kappa shape index (κ2) is 6.63. The summed E-state index contributed by atoms with van der Waals surface area (Å²) in [6.45, 7) is 5.54. The minimum Gasteiger partial charge on any atom is -0.394 e. The van der Waals surface area contributed by atoms with Crippen LogP contribution in [0.25, 0.3) is 0 Å². The molecule has 16 heavy (non-hydrogen) atoms. The molecule has 0 unspecified atom stereocenters. The molecule has 0 aliphatic heterocycles. The van der Waals surface area contributed by atoms with Gasteiger partial charge in [0, 0.05) is 0 Å². The molecular weight excluding hydrogens is 204 g/mol. The molecule has 0 saturated carbocycles. The van der Waals surface area contributed by atoms with Crippen molar-refractivity contribution in [2.45, 2.75) is 19.4 Å². The lowest BCUT2D eigenvalue weighted by atomic mass is 9.98. The molecule has 90 valence electrons. The molecule has 1 aromatic carbocycles. The normalized spacial score (nSPS) is 11.7. The fraction of sp³-hybridized carbons (Fsp3) is 0.538. The number of ether oxygens (including phenoxy) is 2. The summed E-state index contributed by atoms with van der Waals surface area (Å²) >= 11 is 0. The summed E-state index contributed by atoms with van der Waals surface area (Å²) in [5.41, 5.74) is 0.848. The predicted octanol–water partition coefficient (Wildman–Crippen LogP) is 1.95. The van der Waals surface area contributed by atoms with Crippen LogP contribution in [0.15, 0.2) is 30.3 Å². The predicted molar refractivity (Wildman–Crippen MR) is 63.3 cm³/mol. The molecule has 0 aliphatic rings. The van der Waals surface area contributed by atoms with Gasteiger partial charge in [-0.15, -0.1) is 0 Å². The van der Waals surface area contributed by atoms with Crippen molar-refractivity contribution in [3.8, 4) is 0 Å². The highest BCUT2D eigenvalue weighted by molar-refractivity contribution is 5.20. The van der Waals surface area contributed by atoms with Gasteiger partial charge in [-0.25, -0.2) is 0 Å². The molecule has 0 heterocycles. The summed E-state index contributed by atoms with van der Waals surface area (Å²) in [6, 6.07) is 10.1. The first kappa shape index (κ1) is 13.2. The van der Waals surface area contributed by atoms with Crippen LogP contribution in [0.2, 0.25) is 0 Å². The number of hydrogen-bond donors (Lipinski definition) is 1. The van der Waals surface area contributed by atoms with Crippen LogP contribution in [0.1, 0.15) is 19.4 Å². The van der Waals surface area contributed by atoms with Gasteiger partial charge in [-0.1, -0.05) is 30.3 Å². The average Bonchev–Trinajstić information content (AvgIpc) is 2.30. The molecule has 1 rings (SSSR count). The molecule has 1 aromatic rings. The van der Waals surface area contributed by atoms with E-state index in [1.54, 1.807) is 0 Å². The monoisotopic (exact) mass is 224 g/mol. The summed E-state index contributed by atoms with van der Waals surface area (Å²) in [6.07, 6.45) is 0. The maximum Gasteiger partial charge on any atom is 0.0876 e. The molecule has 0 amide bonds. The van der Waals surface area contributed by atoms with Gasteiger partial charge >= 0.3 is 0 Å². The van der Waals surface area contributed by atoms with Gasteiger partial charge in [-0.2, -0.15) is 0 Å². The zero-order chi connectivity index (χ0) is 11.9. The van der Waals surface area contributed by atoms with Gasteiger partial charge in [-0.3, -0.25) is 0 Å².